The van der Waals surface area contributed by atoms with Crippen LogP contribution in [0.2, 0.25) is 0 Å². The number of nitrogens with zero attached hydrogens (tertiary/aromatic N) is 2. The van der Waals surface area contributed by atoms with Crippen LogP contribution in [0.15, 0.2) is 28.3 Å². The van der Waals surface area contributed by atoms with E-state index in [1.165, 1.54) is 18.4 Å². The summed E-state index contributed by atoms with van der Waals surface area (Å²) >= 11 is 0. The summed E-state index contributed by atoms with van der Waals surface area (Å²) in [5.41, 5.74) is 0.264. The summed E-state index contributed by atoms with van der Waals surface area (Å²) in [4.78, 5) is 24.7. The van der Waals surface area contributed by atoms with Gasteiger partial charge in [-0.25, -0.2) is 13.2 Å². The van der Waals surface area contributed by atoms with Gasteiger partial charge in [0.25, 0.3) is 15.9 Å². The van der Waals surface area contributed by atoms with Crippen LogP contribution in [0.25, 0.3) is 0 Å². The van der Waals surface area contributed by atoms with Crippen LogP contribution in [0.3, 0.4) is 0 Å². The number of carboxylic acids is 1. The van der Waals surface area contributed by atoms with E-state index in [0.29, 0.717) is 12.8 Å². The molecule has 2 N–H and O–H groups in total. The van der Waals surface area contributed by atoms with Crippen LogP contribution in [0.5, 0.6) is 0 Å². The minimum absolute atomic E-state index is 0.122. The molecule has 2 aliphatic rings. The second kappa shape index (κ2) is 6.30. The summed E-state index contributed by atoms with van der Waals surface area (Å²) in [6.45, 7) is 2.04. The van der Waals surface area contributed by atoms with E-state index < -0.39 is 27.9 Å². The lowest BCUT2D eigenvalue weighted by Crippen LogP contribution is -2.43. The summed E-state index contributed by atoms with van der Waals surface area (Å²) in [7, 11) is -3.44. The maximum atomic E-state index is 12.1. The molecule has 0 aromatic heterocycles. The number of nitrogens with one attached hydrogen (secondary N) is 1. The molecule has 0 fully saturated rings. The van der Waals surface area contributed by atoms with Crippen LogP contribution < -0.4 is 5.32 Å². The summed E-state index contributed by atoms with van der Waals surface area (Å²) in [5.74, 6) is -1.46. The fourth-order valence-electron chi connectivity index (χ4n) is 2.12. The average molecular weight is 327 g/mol. The summed E-state index contributed by atoms with van der Waals surface area (Å²) in [6.07, 6.45) is 5.31. The van der Waals surface area contributed by atoms with Gasteiger partial charge in [-0.1, -0.05) is 13.3 Å². The van der Waals surface area contributed by atoms with Gasteiger partial charge in [-0.15, -0.1) is 4.40 Å². The highest BCUT2D eigenvalue weighted by Gasteiger charge is 2.26. The number of carboxylic acid groups (broad SMARTS) is 1. The molecular weight excluding hydrogens is 310 g/mol. The van der Waals surface area contributed by atoms with E-state index in [9.17, 15) is 18.0 Å². The molecule has 0 radical (unpaired) electrons. The average Bonchev–Trinajstić information content (AvgIpc) is 2.45. The molecule has 0 spiro atoms. The second-order valence-corrected chi connectivity index (χ2v) is 6.75. The number of rotatable bonds is 5. The molecule has 2 rings (SSSR count). The zero-order valence-corrected chi connectivity index (χ0v) is 12.8. The SMILES string of the molecule is CCCC(NC(=O)C1=CN2CCS(=O)(=O)N=C2C=C1)C(=O)O. The minimum Gasteiger partial charge on any atom is -0.480 e. The fourth-order valence-corrected chi connectivity index (χ4v) is 3.09. The first-order chi connectivity index (χ1) is 10.3. The van der Waals surface area contributed by atoms with Gasteiger partial charge in [-0.05, 0) is 18.6 Å². The maximum Gasteiger partial charge on any atom is 0.326 e. The Balaban J connectivity index is 2.12. The number of amides is 1. The maximum absolute atomic E-state index is 12.1. The highest BCUT2D eigenvalue weighted by molar-refractivity contribution is 7.90. The standard InChI is InChI=1S/C13H17N3O5S/c1-2-3-10(13(18)19)14-12(17)9-4-5-11-15-22(20,21)7-6-16(11)8-9/h4-5,8,10H,2-3,6-7H2,1H3,(H,14,17)(H,18,19). The Morgan fingerprint density at radius 2 is 2.18 bits per heavy atom. The highest BCUT2D eigenvalue weighted by atomic mass is 32.2. The predicted molar refractivity (Wildman–Crippen MR) is 79.6 cm³/mol. The van der Waals surface area contributed by atoms with E-state index in [1.54, 1.807) is 4.90 Å². The number of fused-ring (bicyclic) bond motifs is 1. The molecule has 0 aliphatic carbocycles. The van der Waals surface area contributed by atoms with Crippen LogP contribution in [0.1, 0.15) is 19.8 Å². The molecule has 0 saturated carbocycles. The number of aliphatic carboxylic acids is 1. The topological polar surface area (TPSA) is 116 Å². The molecule has 22 heavy (non-hydrogen) atoms. The number of sulfonamides is 1. The third-order valence-electron chi connectivity index (χ3n) is 3.27. The molecule has 1 unspecified atom stereocenters. The van der Waals surface area contributed by atoms with Crippen molar-refractivity contribution in [2.45, 2.75) is 25.8 Å². The predicted octanol–water partition coefficient (Wildman–Crippen LogP) is -0.146. The van der Waals surface area contributed by atoms with Crippen molar-refractivity contribution in [3.63, 3.8) is 0 Å². The smallest absolute Gasteiger partial charge is 0.326 e. The lowest BCUT2D eigenvalue weighted by Gasteiger charge is -2.27. The van der Waals surface area contributed by atoms with Crippen LogP contribution in [-0.4, -0.2) is 54.5 Å². The number of carbonyl (C=O) groups is 2. The zero-order valence-electron chi connectivity index (χ0n) is 12.0. The van der Waals surface area contributed by atoms with Crippen molar-refractivity contribution < 1.29 is 23.1 Å². The van der Waals surface area contributed by atoms with Gasteiger partial charge in [-0.2, -0.15) is 0 Å². The van der Waals surface area contributed by atoms with Crippen molar-refractivity contribution in [3.05, 3.63) is 23.9 Å². The molecule has 0 aromatic carbocycles. The third-order valence-corrected chi connectivity index (χ3v) is 4.43. The quantitative estimate of drug-likeness (QED) is 0.725. The van der Waals surface area contributed by atoms with Crippen molar-refractivity contribution in [1.29, 1.82) is 0 Å². The Hall–Kier alpha value is -2.16. The minimum atomic E-state index is -3.44. The summed E-state index contributed by atoms with van der Waals surface area (Å²) < 4.78 is 26.4. The van der Waals surface area contributed by atoms with Gasteiger partial charge in [0, 0.05) is 12.7 Å². The Morgan fingerprint density at radius 3 is 2.82 bits per heavy atom. The normalized spacial score (nSPS) is 20.5. The molecule has 2 heterocycles. The lowest BCUT2D eigenvalue weighted by molar-refractivity contribution is -0.141. The molecule has 0 saturated heterocycles. The monoisotopic (exact) mass is 327 g/mol. The first-order valence-electron chi connectivity index (χ1n) is 6.85. The van der Waals surface area contributed by atoms with Gasteiger partial charge in [0.15, 0.2) is 0 Å². The van der Waals surface area contributed by atoms with Crippen LogP contribution >= 0.6 is 0 Å². The first kappa shape index (κ1) is 16.2. The third kappa shape index (κ3) is 3.73. The summed E-state index contributed by atoms with van der Waals surface area (Å²) in [6, 6.07) is -0.941. The molecule has 120 valence electrons. The van der Waals surface area contributed by atoms with Crippen LogP contribution in [-0.2, 0) is 19.6 Å². The van der Waals surface area contributed by atoms with E-state index in [4.69, 9.17) is 5.11 Å². The van der Waals surface area contributed by atoms with Gasteiger partial charge >= 0.3 is 5.97 Å². The molecule has 1 amide bonds. The van der Waals surface area contributed by atoms with E-state index in [2.05, 4.69) is 9.71 Å². The summed E-state index contributed by atoms with van der Waals surface area (Å²) in [5, 5.41) is 11.5. The Labute approximate surface area is 128 Å². The van der Waals surface area contributed by atoms with Crippen molar-refractivity contribution in [2.75, 3.05) is 12.3 Å². The van der Waals surface area contributed by atoms with E-state index in [-0.39, 0.29) is 23.7 Å². The van der Waals surface area contributed by atoms with E-state index >= 15 is 0 Å². The van der Waals surface area contributed by atoms with Gasteiger partial charge in [0.1, 0.15) is 11.9 Å². The number of carbonyl (C=O) groups excluding carboxylic acids is 1. The van der Waals surface area contributed by atoms with E-state index in [1.807, 2.05) is 6.92 Å². The Kier molecular flexibility index (Phi) is 4.65. The van der Waals surface area contributed by atoms with Crippen molar-refractivity contribution in [2.24, 2.45) is 4.40 Å². The van der Waals surface area contributed by atoms with E-state index in [0.717, 1.165) is 0 Å². The first-order valence-corrected chi connectivity index (χ1v) is 8.46. The van der Waals surface area contributed by atoms with Crippen molar-refractivity contribution in [3.8, 4) is 0 Å². The van der Waals surface area contributed by atoms with Crippen molar-refractivity contribution in [1.82, 2.24) is 10.2 Å². The second-order valence-electron chi connectivity index (χ2n) is 5.00. The zero-order chi connectivity index (χ0) is 16.3. The molecular formula is C13H17N3O5S. The van der Waals surface area contributed by atoms with Crippen molar-refractivity contribution >= 4 is 27.7 Å². The van der Waals surface area contributed by atoms with Crippen LogP contribution in [0.4, 0.5) is 0 Å². The fraction of sp³-hybridized carbons (Fsp3) is 0.462. The van der Waals surface area contributed by atoms with Gasteiger partial charge in [0.05, 0.1) is 11.3 Å². The van der Waals surface area contributed by atoms with Crippen LogP contribution in [0, 0.1) is 0 Å². The van der Waals surface area contributed by atoms with Gasteiger partial charge < -0.3 is 15.3 Å². The Bertz CT molecular complexity index is 678. The molecule has 8 nitrogen and oxygen atoms in total. The molecule has 0 bridgehead atoms. The number of hydrogen-bond acceptors (Lipinski definition) is 5. The molecule has 1 atom stereocenters. The van der Waals surface area contributed by atoms with Gasteiger partial charge in [-0.3, -0.25) is 4.79 Å². The molecule has 2 aliphatic heterocycles. The lowest BCUT2D eigenvalue weighted by atomic mass is 10.1. The largest absolute Gasteiger partial charge is 0.480 e. The number of hydrogen-bond donors (Lipinski definition) is 2. The molecule has 9 heteroatoms. The van der Waals surface area contributed by atoms with Gasteiger partial charge in [0.2, 0.25) is 0 Å². The Morgan fingerprint density at radius 1 is 1.45 bits per heavy atom. The molecule has 0 aromatic rings. The highest BCUT2D eigenvalue weighted by Crippen LogP contribution is 2.16. The number of amidine groups is 1.